The van der Waals surface area contributed by atoms with Gasteiger partial charge in [-0.25, -0.2) is 0 Å². The Balaban J connectivity index is 0. The molecule has 0 atom stereocenters. The van der Waals surface area contributed by atoms with E-state index in [1.165, 1.54) is 0 Å². The minimum atomic E-state index is -1.44. The Morgan fingerprint density at radius 1 is 1.20 bits per heavy atom. The van der Waals surface area contributed by atoms with Crippen molar-refractivity contribution in [1.82, 2.24) is 0 Å². The average molecular weight is 121 g/mol. The molecule has 2 N–H and O–H groups in total. The van der Waals surface area contributed by atoms with Crippen molar-refractivity contribution in [3.8, 4) is 0 Å². The van der Waals surface area contributed by atoms with E-state index >= 15 is 0 Å². The second-order valence-electron chi connectivity index (χ2n) is 0.0630. The third-order valence-corrected chi connectivity index (χ3v) is 0. The van der Waals surface area contributed by atoms with Gasteiger partial charge in [-0.2, -0.15) is 0 Å². The molecule has 0 aliphatic rings. The molecule has 0 saturated heterocycles. The van der Waals surface area contributed by atoms with E-state index in [9.17, 15) is 0 Å². The van der Waals surface area contributed by atoms with Crippen molar-refractivity contribution in [1.29, 1.82) is 0 Å². The van der Waals surface area contributed by atoms with Gasteiger partial charge < -0.3 is 0 Å². The molecule has 0 heterocycles. The molecule has 0 unspecified atom stereocenters. The van der Waals surface area contributed by atoms with Crippen LogP contribution in [0.4, 0.5) is 0 Å². The van der Waals surface area contributed by atoms with Gasteiger partial charge in [-0.15, -0.1) is 0 Å². The van der Waals surface area contributed by atoms with Crippen LogP contribution in [-0.2, 0) is 22.5 Å². The molecule has 0 saturated carbocycles. The molecule has 0 radical (unpaired) electrons. The van der Waals surface area contributed by atoms with Gasteiger partial charge in [-0.1, -0.05) is 0 Å². The average Bonchev–Trinajstić information content (AvgIpc) is 1.46. The zero-order valence-electron chi connectivity index (χ0n) is 2.09. The van der Waals surface area contributed by atoms with E-state index in [-0.39, 0.29) is 0 Å². The second kappa shape index (κ2) is 34.5. The summed E-state index contributed by atoms with van der Waals surface area (Å²) in [6.45, 7) is 0. The Morgan fingerprint density at radius 3 is 1.20 bits per heavy atom. The van der Waals surface area contributed by atoms with Crippen molar-refractivity contribution >= 4 is 0 Å². The SMILES string of the molecule is OO.[O]=[Mn]=[O]. The monoisotopic (exact) mass is 121 g/mol. The predicted molar refractivity (Wildman–Crippen MR) is 6.63 cm³/mol. The van der Waals surface area contributed by atoms with Crippen LogP contribution in [0.5, 0.6) is 0 Å². The topological polar surface area (TPSA) is 74.6 Å². The fourth-order valence-electron chi connectivity index (χ4n) is 0. The van der Waals surface area contributed by atoms with Gasteiger partial charge in [0.2, 0.25) is 0 Å². The van der Waals surface area contributed by atoms with Gasteiger partial charge in [-0.05, 0) is 0 Å². The van der Waals surface area contributed by atoms with E-state index in [1.54, 1.807) is 0 Å². The summed E-state index contributed by atoms with van der Waals surface area (Å²) < 4.78 is 16.8. The summed E-state index contributed by atoms with van der Waals surface area (Å²) in [5.74, 6) is 0. The van der Waals surface area contributed by atoms with Crippen LogP contribution in [-0.4, -0.2) is 10.5 Å². The summed E-state index contributed by atoms with van der Waals surface area (Å²) in [6.07, 6.45) is 0. The first kappa shape index (κ1) is 8.90. The molecule has 0 aromatic carbocycles. The molecule has 0 aromatic heterocycles. The van der Waals surface area contributed by atoms with Crippen molar-refractivity contribution < 1.29 is 33.0 Å². The quantitative estimate of drug-likeness (QED) is 0.264. The maximum absolute atomic E-state index is 8.41. The van der Waals surface area contributed by atoms with Crippen molar-refractivity contribution in [2.24, 2.45) is 0 Å². The Kier molecular flexibility index (Phi) is 61.5. The molecule has 0 bridgehead atoms. The molecule has 0 amide bonds. The van der Waals surface area contributed by atoms with Gasteiger partial charge in [0.25, 0.3) is 0 Å². The van der Waals surface area contributed by atoms with E-state index in [1.807, 2.05) is 0 Å². The maximum atomic E-state index is 8.41. The summed E-state index contributed by atoms with van der Waals surface area (Å²) >= 11 is -1.44. The molecular formula is H2MnO4. The third-order valence-electron chi connectivity index (χ3n) is 0. The molecule has 0 aromatic rings. The Bertz CT molecular complexity index is 24.6. The molecule has 0 spiro atoms. The first-order valence-electron chi connectivity index (χ1n) is 0.509. The van der Waals surface area contributed by atoms with Crippen LogP contribution >= 0.6 is 0 Å². The molecular weight excluding hydrogens is 119 g/mol. The standard InChI is InChI=1S/Mn.H2O2.2O/c;1-2;;/h;1-2H;;. The Hall–Kier alpha value is 0.0395. The van der Waals surface area contributed by atoms with Gasteiger partial charge in [0.1, 0.15) is 0 Å². The molecule has 0 aliphatic carbocycles. The van der Waals surface area contributed by atoms with E-state index in [0.717, 1.165) is 0 Å². The normalized spacial score (nSPS) is 3.60. The molecule has 0 fully saturated rings. The van der Waals surface area contributed by atoms with Crippen molar-refractivity contribution in [3.63, 3.8) is 0 Å². The van der Waals surface area contributed by atoms with Crippen molar-refractivity contribution in [3.05, 3.63) is 0 Å². The predicted octanol–water partition coefficient (Wildman–Crippen LogP) is -0.223. The van der Waals surface area contributed by atoms with Crippen LogP contribution in [0.15, 0.2) is 0 Å². The fourth-order valence-corrected chi connectivity index (χ4v) is 0. The van der Waals surface area contributed by atoms with Gasteiger partial charge in [0.15, 0.2) is 0 Å². The van der Waals surface area contributed by atoms with E-state index in [4.69, 9.17) is 18.2 Å². The fraction of sp³-hybridized carbons (Fsp3) is 0. The van der Waals surface area contributed by atoms with Crippen LogP contribution in [0.1, 0.15) is 0 Å². The van der Waals surface area contributed by atoms with Crippen LogP contribution in [0, 0.1) is 0 Å². The molecule has 5 heteroatoms. The van der Waals surface area contributed by atoms with Gasteiger partial charge in [0, 0.05) is 0 Å². The molecule has 0 rings (SSSR count). The number of rotatable bonds is 0. The van der Waals surface area contributed by atoms with Crippen molar-refractivity contribution in [2.75, 3.05) is 0 Å². The molecule has 33 valence electrons. The number of hydrogen-bond acceptors (Lipinski definition) is 4. The first-order chi connectivity index (χ1) is 2.41. The van der Waals surface area contributed by atoms with E-state index < -0.39 is 14.8 Å². The summed E-state index contributed by atoms with van der Waals surface area (Å²) in [6, 6.07) is 0. The Labute approximate surface area is 33.9 Å². The summed E-state index contributed by atoms with van der Waals surface area (Å²) in [4.78, 5) is 0. The molecule has 4 nitrogen and oxygen atoms in total. The Morgan fingerprint density at radius 2 is 1.20 bits per heavy atom. The summed E-state index contributed by atoms with van der Waals surface area (Å²) in [7, 11) is 0. The minimum absolute atomic E-state index is 1.44. The number of hydrogen-bond donors (Lipinski definition) is 2. The van der Waals surface area contributed by atoms with Crippen LogP contribution in [0.25, 0.3) is 0 Å². The van der Waals surface area contributed by atoms with E-state index in [2.05, 4.69) is 0 Å². The summed E-state index contributed by atoms with van der Waals surface area (Å²) in [5.41, 5.74) is 0. The molecule has 5 heavy (non-hydrogen) atoms. The van der Waals surface area contributed by atoms with Crippen LogP contribution in [0.3, 0.4) is 0 Å². The van der Waals surface area contributed by atoms with Crippen LogP contribution in [0.2, 0.25) is 0 Å². The third kappa shape index (κ3) is 10800. The van der Waals surface area contributed by atoms with E-state index in [0.29, 0.717) is 0 Å². The zero-order valence-corrected chi connectivity index (χ0v) is 3.27. The van der Waals surface area contributed by atoms with Crippen LogP contribution < -0.4 is 0 Å². The second-order valence-corrected chi connectivity index (χ2v) is 0.260. The van der Waals surface area contributed by atoms with Gasteiger partial charge in [0.05, 0.1) is 0 Å². The first-order valence-corrected chi connectivity index (χ1v) is 1.47. The molecule has 0 aliphatic heterocycles. The van der Waals surface area contributed by atoms with Gasteiger partial charge in [-0.3, -0.25) is 10.5 Å². The van der Waals surface area contributed by atoms with Gasteiger partial charge >= 0.3 is 22.5 Å². The summed E-state index contributed by atoms with van der Waals surface area (Å²) in [5, 5.41) is 12.0. The van der Waals surface area contributed by atoms with Crippen molar-refractivity contribution in [2.45, 2.75) is 0 Å². The zero-order chi connectivity index (χ0) is 4.71.